The number of hydrogen-bond donors (Lipinski definition) is 0. The molecule has 1 fully saturated rings. The predicted octanol–water partition coefficient (Wildman–Crippen LogP) is 3.92. The Morgan fingerprint density at radius 3 is 2.50 bits per heavy atom. The van der Waals surface area contributed by atoms with Crippen molar-refractivity contribution in [2.75, 3.05) is 11.4 Å². The third-order valence-corrected chi connectivity index (χ3v) is 4.34. The van der Waals surface area contributed by atoms with Crippen molar-refractivity contribution in [1.29, 1.82) is 0 Å². The summed E-state index contributed by atoms with van der Waals surface area (Å²) in [6.07, 6.45) is 0.149. The number of carbonyl (C=O) groups excluding carboxylic acids is 2. The van der Waals surface area contributed by atoms with E-state index in [9.17, 15) is 9.59 Å². The molecule has 1 atom stereocenters. The number of halogens is 1. The highest BCUT2D eigenvalue weighted by molar-refractivity contribution is 6.32. The third-order valence-electron chi connectivity index (χ3n) is 4.02. The first-order chi connectivity index (χ1) is 11.4. The molecule has 0 aromatic heterocycles. The summed E-state index contributed by atoms with van der Waals surface area (Å²) < 4.78 is 5.36. The van der Waals surface area contributed by atoms with Crippen LogP contribution >= 0.6 is 11.6 Å². The molecule has 2 aromatic carbocycles. The fourth-order valence-electron chi connectivity index (χ4n) is 2.94. The fourth-order valence-corrected chi connectivity index (χ4v) is 3.12. The Morgan fingerprint density at radius 2 is 1.83 bits per heavy atom. The number of esters is 1. The van der Waals surface area contributed by atoms with Gasteiger partial charge in [-0.25, -0.2) is 0 Å². The highest BCUT2D eigenvalue weighted by atomic mass is 35.5. The van der Waals surface area contributed by atoms with Crippen LogP contribution in [0.1, 0.15) is 17.5 Å². The van der Waals surface area contributed by atoms with Gasteiger partial charge >= 0.3 is 5.97 Å². The molecule has 0 radical (unpaired) electrons. The quantitative estimate of drug-likeness (QED) is 0.627. The van der Waals surface area contributed by atoms with E-state index in [0.29, 0.717) is 17.3 Å². The molecule has 5 heteroatoms. The van der Waals surface area contributed by atoms with Crippen LogP contribution in [-0.4, -0.2) is 18.4 Å². The smallest absolute Gasteiger partial charge is 0.316 e. The van der Waals surface area contributed by atoms with Gasteiger partial charge in [-0.2, -0.15) is 0 Å². The van der Waals surface area contributed by atoms with Crippen LogP contribution in [0.2, 0.25) is 5.02 Å². The van der Waals surface area contributed by atoms with Crippen molar-refractivity contribution in [2.24, 2.45) is 5.92 Å². The molecule has 2 aromatic rings. The van der Waals surface area contributed by atoms with Crippen LogP contribution in [0.3, 0.4) is 0 Å². The summed E-state index contributed by atoms with van der Waals surface area (Å²) in [4.78, 5) is 26.3. The van der Waals surface area contributed by atoms with E-state index >= 15 is 0 Å². The molecule has 1 saturated heterocycles. The second-order valence-electron chi connectivity index (χ2n) is 6.10. The zero-order chi connectivity index (χ0) is 17.3. The largest absolute Gasteiger partial charge is 0.425 e. The molecule has 0 spiro atoms. The van der Waals surface area contributed by atoms with Gasteiger partial charge in [0, 0.05) is 18.7 Å². The molecule has 1 aliphatic rings. The molecule has 1 amide bonds. The number of rotatable bonds is 3. The molecule has 0 aliphatic carbocycles. The van der Waals surface area contributed by atoms with E-state index in [1.54, 1.807) is 29.2 Å². The molecule has 0 bridgehead atoms. The summed E-state index contributed by atoms with van der Waals surface area (Å²) in [6.45, 7) is 4.30. The number of hydrogen-bond acceptors (Lipinski definition) is 3. The molecule has 0 unspecified atom stereocenters. The molecule has 0 saturated carbocycles. The highest BCUT2D eigenvalue weighted by Gasteiger charge is 2.36. The molecule has 0 N–H and O–H groups in total. The van der Waals surface area contributed by atoms with Crippen LogP contribution in [-0.2, 0) is 9.59 Å². The lowest BCUT2D eigenvalue weighted by molar-refractivity contribution is -0.139. The van der Waals surface area contributed by atoms with Gasteiger partial charge in [0.25, 0.3) is 0 Å². The van der Waals surface area contributed by atoms with Crippen LogP contribution in [0.5, 0.6) is 5.75 Å². The van der Waals surface area contributed by atoms with Crippen molar-refractivity contribution >= 4 is 29.2 Å². The minimum absolute atomic E-state index is 0.0684. The van der Waals surface area contributed by atoms with Crippen molar-refractivity contribution in [3.63, 3.8) is 0 Å². The van der Waals surface area contributed by atoms with E-state index < -0.39 is 11.9 Å². The van der Waals surface area contributed by atoms with E-state index in [1.807, 2.05) is 32.0 Å². The van der Waals surface area contributed by atoms with Crippen LogP contribution in [0.25, 0.3) is 0 Å². The fraction of sp³-hybridized carbons (Fsp3) is 0.263. The van der Waals surface area contributed by atoms with Gasteiger partial charge < -0.3 is 9.64 Å². The van der Waals surface area contributed by atoms with Crippen molar-refractivity contribution in [1.82, 2.24) is 0 Å². The molecule has 24 heavy (non-hydrogen) atoms. The first-order valence-corrected chi connectivity index (χ1v) is 8.17. The van der Waals surface area contributed by atoms with E-state index in [4.69, 9.17) is 16.3 Å². The summed E-state index contributed by atoms with van der Waals surface area (Å²) in [5.41, 5.74) is 2.99. The molecule has 1 heterocycles. The Hall–Kier alpha value is -2.33. The van der Waals surface area contributed by atoms with Crippen molar-refractivity contribution < 1.29 is 14.3 Å². The van der Waals surface area contributed by atoms with Crippen molar-refractivity contribution in [2.45, 2.75) is 20.3 Å². The van der Waals surface area contributed by atoms with Crippen molar-refractivity contribution in [3.05, 3.63) is 58.6 Å². The predicted molar refractivity (Wildman–Crippen MR) is 93.5 cm³/mol. The minimum atomic E-state index is -0.491. The number of anilines is 1. The van der Waals surface area contributed by atoms with Gasteiger partial charge in [-0.05, 0) is 49.2 Å². The van der Waals surface area contributed by atoms with E-state index in [-0.39, 0.29) is 12.3 Å². The van der Waals surface area contributed by atoms with Crippen LogP contribution < -0.4 is 9.64 Å². The lowest BCUT2D eigenvalue weighted by Crippen LogP contribution is -2.27. The second-order valence-corrected chi connectivity index (χ2v) is 6.51. The van der Waals surface area contributed by atoms with Crippen LogP contribution in [0.4, 0.5) is 5.69 Å². The van der Waals surface area contributed by atoms with Crippen molar-refractivity contribution in [3.8, 4) is 5.75 Å². The summed E-state index contributed by atoms with van der Waals surface area (Å²) in [5.74, 6) is -0.666. The molecule has 1 aliphatic heterocycles. The lowest BCUT2D eigenvalue weighted by atomic mass is 10.1. The average molecular weight is 344 g/mol. The molecular weight excluding hydrogens is 326 g/mol. The number of aryl methyl sites for hydroxylation is 2. The Bertz CT molecular complexity index is 783. The summed E-state index contributed by atoms with van der Waals surface area (Å²) in [5, 5.41) is 0.376. The number of ether oxygens (including phenoxy) is 1. The van der Waals surface area contributed by atoms with Gasteiger partial charge in [0.1, 0.15) is 5.75 Å². The van der Waals surface area contributed by atoms with Gasteiger partial charge in [-0.3, -0.25) is 9.59 Å². The summed E-state index contributed by atoms with van der Waals surface area (Å²) in [7, 11) is 0. The minimum Gasteiger partial charge on any atom is -0.425 e. The highest BCUT2D eigenvalue weighted by Crippen LogP contribution is 2.29. The standard InChI is InChI=1S/C19H18ClNO3/c1-12-7-13(2)9-15(8-12)21-11-14(10-18(21)22)19(23)24-17-6-4-3-5-16(17)20/h3-9,14H,10-11H2,1-2H3/t14-/m0/s1. The Labute approximate surface area is 146 Å². The van der Waals surface area contributed by atoms with E-state index in [2.05, 4.69) is 0 Å². The van der Waals surface area contributed by atoms with Crippen LogP contribution in [0, 0.1) is 19.8 Å². The average Bonchev–Trinajstić information content (AvgIpc) is 2.91. The number of para-hydroxylation sites is 1. The second kappa shape index (κ2) is 6.65. The zero-order valence-corrected chi connectivity index (χ0v) is 14.3. The number of nitrogens with zero attached hydrogens (tertiary/aromatic N) is 1. The molecule has 124 valence electrons. The molecule has 3 rings (SSSR count). The monoisotopic (exact) mass is 343 g/mol. The Balaban J connectivity index is 1.74. The molecular formula is C19H18ClNO3. The van der Waals surface area contributed by atoms with Gasteiger partial charge in [0.15, 0.2) is 0 Å². The first kappa shape index (κ1) is 16.5. The van der Waals surface area contributed by atoms with Gasteiger partial charge in [-0.15, -0.1) is 0 Å². The maximum absolute atomic E-state index is 12.4. The van der Waals surface area contributed by atoms with Gasteiger partial charge in [-0.1, -0.05) is 29.8 Å². The maximum atomic E-state index is 12.4. The van der Waals surface area contributed by atoms with Gasteiger partial charge in [0.05, 0.1) is 10.9 Å². The van der Waals surface area contributed by atoms with Gasteiger partial charge in [0.2, 0.25) is 5.91 Å². The lowest BCUT2D eigenvalue weighted by Gasteiger charge is -2.18. The summed E-state index contributed by atoms with van der Waals surface area (Å²) in [6, 6.07) is 12.8. The zero-order valence-electron chi connectivity index (χ0n) is 13.6. The maximum Gasteiger partial charge on any atom is 0.316 e. The number of amides is 1. The Kier molecular flexibility index (Phi) is 4.58. The number of benzene rings is 2. The number of carbonyl (C=O) groups is 2. The van der Waals surface area contributed by atoms with E-state index in [0.717, 1.165) is 16.8 Å². The van der Waals surface area contributed by atoms with E-state index in [1.165, 1.54) is 0 Å². The SMILES string of the molecule is Cc1cc(C)cc(N2C[C@@H](C(=O)Oc3ccccc3Cl)CC2=O)c1. The normalized spacial score (nSPS) is 17.2. The Morgan fingerprint density at radius 1 is 1.17 bits per heavy atom. The third kappa shape index (κ3) is 3.44. The first-order valence-electron chi connectivity index (χ1n) is 7.79. The topological polar surface area (TPSA) is 46.6 Å². The summed E-state index contributed by atoms with van der Waals surface area (Å²) >= 11 is 6.01. The van der Waals surface area contributed by atoms with Crippen LogP contribution in [0.15, 0.2) is 42.5 Å². The molecule has 4 nitrogen and oxygen atoms in total.